The highest BCUT2D eigenvalue weighted by molar-refractivity contribution is 7.50. The fourth-order valence-electron chi connectivity index (χ4n) is 5.74. The normalized spacial score (nSPS) is 15.1. The van der Waals surface area contributed by atoms with Crippen molar-refractivity contribution in [2.75, 3.05) is 6.79 Å². The predicted molar refractivity (Wildman–Crippen MR) is 169 cm³/mol. The van der Waals surface area contributed by atoms with Crippen LogP contribution in [0, 0.1) is 0 Å². The molecule has 5 rings (SSSR count). The van der Waals surface area contributed by atoms with Gasteiger partial charge in [0.2, 0.25) is 12.7 Å². The Balaban J connectivity index is 1.54. The molecule has 1 atom stereocenters. The van der Waals surface area contributed by atoms with E-state index in [-0.39, 0.29) is 30.7 Å². The lowest BCUT2D eigenvalue weighted by Gasteiger charge is -2.34. The first-order valence-corrected chi connectivity index (χ1v) is 17.0. The van der Waals surface area contributed by atoms with E-state index < -0.39 is 49.7 Å². The molecule has 1 aliphatic heterocycles. The van der Waals surface area contributed by atoms with Crippen LogP contribution in [0.15, 0.2) is 66.7 Å². The van der Waals surface area contributed by atoms with E-state index in [1.165, 1.54) is 53.4 Å². The second-order valence-corrected chi connectivity index (χ2v) is 13.3. The van der Waals surface area contributed by atoms with E-state index in [2.05, 4.69) is 5.32 Å². The molecular weight excluding hydrogens is 647 g/mol. The summed E-state index contributed by atoms with van der Waals surface area (Å²) in [4.78, 5) is 71.4. The molecule has 48 heavy (non-hydrogen) atoms. The molecule has 0 saturated heterocycles. The van der Waals surface area contributed by atoms with Crippen molar-refractivity contribution >= 4 is 31.3 Å². The smallest absolute Gasteiger partial charge is 0.356 e. The summed E-state index contributed by atoms with van der Waals surface area (Å²) in [5.74, 6) is -3.48. The number of hydrogen-bond donors (Lipinski definition) is 5. The van der Waals surface area contributed by atoms with E-state index >= 15 is 0 Å². The number of benzene rings is 3. The van der Waals surface area contributed by atoms with Crippen molar-refractivity contribution in [2.45, 2.75) is 63.0 Å². The summed E-state index contributed by atoms with van der Waals surface area (Å²) in [6.45, 7) is -0.0331. The quantitative estimate of drug-likeness (QED) is 0.129. The Labute approximate surface area is 275 Å². The maximum Gasteiger partial charge on any atom is 0.356 e. The van der Waals surface area contributed by atoms with Gasteiger partial charge in [-0.15, -0.1) is 0 Å². The number of amides is 2. The lowest BCUT2D eigenvalue weighted by molar-refractivity contribution is -0.159. The summed E-state index contributed by atoms with van der Waals surface area (Å²) >= 11 is 0. The molecule has 1 aliphatic carbocycles. The van der Waals surface area contributed by atoms with E-state index in [0.717, 1.165) is 32.1 Å². The molecule has 0 radical (unpaired) electrons. The topological polar surface area (TPSA) is 209 Å². The van der Waals surface area contributed by atoms with Crippen LogP contribution >= 0.6 is 7.60 Å². The van der Waals surface area contributed by atoms with Gasteiger partial charge in [0.05, 0.1) is 6.16 Å². The van der Waals surface area contributed by atoms with Gasteiger partial charge in [0.15, 0.2) is 11.5 Å². The number of nitrogens with zero attached hydrogens (tertiary/aromatic N) is 1. The third kappa shape index (κ3) is 8.71. The number of rotatable bonds is 13. The van der Waals surface area contributed by atoms with Gasteiger partial charge in [0, 0.05) is 18.2 Å². The Morgan fingerprint density at radius 2 is 1.48 bits per heavy atom. The first-order valence-electron chi connectivity index (χ1n) is 15.2. The first kappa shape index (κ1) is 34.4. The maximum atomic E-state index is 14.3. The molecule has 1 unspecified atom stereocenters. The highest BCUT2D eigenvalue weighted by Crippen LogP contribution is 2.39. The number of carbonyl (C=O) groups excluding carboxylic acids is 2. The zero-order valence-corrected chi connectivity index (χ0v) is 26.6. The molecule has 0 bridgehead atoms. The van der Waals surface area contributed by atoms with Gasteiger partial charge in [-0.25, -0.2) is 9.59 Å². The van der Waals surface area contributed by atoms with Crippen molar-refractivity contribution in [3.05, 3.63) is 89.0 Å². The fraction of sp³-hybridized carbons (Fsp3) is 0.333. The fourth-order valence-corrected chi connectivity index (χ4v) is 6.43. The Morgan fingerprint density at radius 1 is 0.854 bits per heavy atom. The van der Waals surface area contributed by atoms with Crippen molar-refractivity contribution in [1.29, 1.82) is 0 Å². The highest BCUT2D eigenvalue weighted by atomic mass is 31.2. The molecule has 15 heteroatoms. The van der Waals surface area contributed by atoms with Crippen molar-refractivity contribution in [1.82, 2.24) is 10.2 Å². The Morgan fingerprint density at radius 3 is 2.10 bits per heavy atom. The zero-order chi connectivity index (χ0) is 34.4. The standard InChI is InChI=1S/C33H35N2O12P/c36-30(34-24-4-2-1-3-5-24)28(22-11-13-25(14-12-22)47-29(32(38)39)33(40)41)35(17-21-8-15-26-27(16-21)46-19-45-26)31(37)23-9-6-20(7-10-23)18-48(42,43)44/h6-16,24,28-29H,1-5,17-19H2,(H,34,36)(H,38,39)(H,40,41)(H2,42,43,44). The van der Waals surface area contributed by atoms with Crippen LogP contribution in [0.3, 0.4) is 0 Å². The van der Waals surface area contributed by atoms with E-state index in [1.54, 1.807) is 18.2 Å². The number of fused-ring (bicyclic) bond motifs is 1. The summed E-state index contributed by atoms with van der Waals surface area (Å²) in [5, 5.41) is 21.6. The Kier molecular flexibility index (Phi) is 10.7. The van der Waals surface area contributed by atoms with Gasteiger partial charge in [-0.1, -0.05) is 49.6 Å². The van der Waals surface area contributed by atoms with E-state index in [4.69, 9.17) is 14.2 Å². The monoisotopic (exact) mass is 682 g/mol. The first-order chi connectivity index (χ1) is 22.9. The summed E-state index contributed by atoms with van der Waals surface area (Å²) in [5.41, 5.74) is 1.44. The number of nitrogens with one attached hydrogen (secondary N) is 1. The molecule has 1 heterocycles. The van der Waals surface area contributed by atoms with Crippen molar-refractivity contribution in [3.63, 3.8) is 0 Å². The summed E-state index contributed by atoms with van der Waals surface area (Å²) < 4.78 is 27.6. The van der Waals surface area contributed by atoms with Gasteiger partial charge >= 0.3 is 19.5 Å². The number of ether oxygens (including phenoxy) is 3. The largest absolute Gasteiger partial charge is 0.478 e. The summed E-state index contributed by atoms with van der Waals surface area (Å²) in [6, 6.07) is 15.1. The van der Waals surface area contributed by atoms with Gasteiger partial charge in [0.1, 0.15) is 11.8 Å². The average Bonchev–Trinajstić information content (AvgIpc) is 3.51. The SMILES string of the molecule is O=C(O)C(Oc1ccc(C(C(=O)NC2CCCCC2)N(Cc2ccc3c(c2)OCO3)C(=O)c2ccc(CP(=O)(O)O)cc2)cc1)C(=O)O. The molecule has 2 aliphatic rings. The molecule has 2 amide bonds. The van der Waals surface area contributed by atoms with E-state index in [1.807, 2.05) is 0 Å². The van der Waals surface area contributed by atoms with Crippen LogP contribution in [-0.4, -0.2) is 67.6 Å². The van der Waals surface area contributed by atoms with Crippen LogP contribution in [0.5, 0.6) is 17.2 Å². The van der Waals surface area contributed by atoms with Crippen molar-refractivity contribution in [3.8, 4) is 17.2 Å². The summed E-state index contributed by atoms with van der Waals surface area (Å²) in [6.07, 6.45) is 1.82. The van der Waals surface area contributed by atoms with Crippen LogP contribution in [0.4, 0.5) is 0 Å². The third-order valence-electron chi connectivity index (χ3n) is 8.05. The molecule has 0 aromatic heterocycles. The highest BCUT2D eigenvalue weighted by Gasteiger charge is 2.35. The van der Waals surface area contributed by atoms with Crippen LogP contribution < -0.4 is 19.5 Å². The Bertz CT molecular complexity index is 1690. The van der Waals surface area contributed by atoms with Gasteiger partial charge in [-0.2, -0.15) is 0 Å². The van der Waals surface area contributed by atoms with Crippen LogP contribution in [0.25, 0.3) is 0 Å². The zero-order valence-electron chi connectivity index (χ0n) is 25.7. The number of carboxylic acid groups (broad SMARTS) is 2. The molecule has 3 aromatic carbocycles. The lowest BCUT2D eigenvalue weighted by atomic mass is 9.94. The maximum absolute atomic E-state index is 14.3. The second-order valence-electron chi connectivity index (χ2n) is 11.6. The lowest BCUT2D eigenvalue weighted by Crippen LogP contribution is -2.46. The van der Waals surface area contributed by atoms with E-state index in [9.17, 15) is 43.7 Å². The molecule has 0 spiro atoms. The van der Waals surface area contributed by atoms with Crippen LogP contribution in [0.1, 0.15) is 65.2 Å². The van der Waals surface area contributed by atoms with Gasteiger partial charge in [-0.3, -0.25) is 14.2 Å². The Hall–Kier alpha value is -4.91. The summed E-state index contributed by atoms with van der Waals surface area (Å²) in [7, 11) is -4.35. The van der Waals surface area contributed by atoms with Gasteiger partial charge < -0.3 is 44.4 Å². The predicted octanol–water partition coefficient (Wildman–Crippen LogP) is 3.84. The van der Waals surface area contributed by atoms with E-state index in [0.29, 0.717) is 28.2 Å². The molecule has 1 saturated carbocycles. The number of carbonyl (C=O) groups is 4. The molecule has 254 valence electrons. The van der Waals surface area contributed by atoms with Gasteiger partial charge in [0.25, 0.3) is 12.0 Å². The minimum absolute atomic E-state index is 0.0356. The minimum atomic E-state index is -4.35. The van der Waals surface area contributed by atoms with Crippen molar-refractivity contribution in [2.24, 2.45) is 0 Å². The van der Waals surface area contributed by atoms with Gasteiger partial charge in [-0.05, 0) is 65.9 Å². The number of hydrogen-bond acceptors (Lipinski definition) is 8. The second kappa shape index (κ2) is 14.9. The van der Waals surface area contributed by atoms with Crippen LogP contribution in [-0.2, 0) is 31.7 Å². The van der Waals surface area contributed by atoms with Crippen molar-refractivity contribution < 1.29 is 58.0 Å². The molecule has 3 aromatic rings. The molecule has 5 N–H and O–H groups in total. The third-order valence-corrected chi connectivity index (χ3v) is 8.83. The molecule has 14 nitrogen and oxygen atoms in total. The molecular formula is C33H35N2O12P. The molecule has 1 fully saturated rings. The van der Waals surface area contributed by atoms with Crippen LogP contribution in [0.2, 0.25) is 0 Å². The number of carboxylic acids is 2. The minimum Gasteiger partial charge on any atom is -0.478 e. The average molecular weight is 683 g/mol. The number of aliphatic carboxylic acids is 2.